The van der Waals surface area contributed by atoms with Gasteiger partial charge < -0.3 is 15.3 Å². The van der Waals surface area contributed by atoms with Crippen LogP contribution in [0.5, 0.6) is 0 Å². The van der Waals surface area contributed by atoms with Crippen molar-refractivity contribution in [3.63, 3.8) is 0 Å². The fourth-order valence-corrected chi connectivity index (χ4v) is 7.54. The summed E-state index contributed by atoms with van der Waals surface area (Å²) in [5.41, 5.74) is -0.385. The maximum atomic E-state index is 13.4. The number of carboxylic acids is 1. The second-order valence-corrected chi connectivity index (χ2v) is 12.5. The number of oxime groups is 1. The first-order valence-electron chi connectivity index (χ1n) is 13.1. The fourth-order valence-electron chi connectivity index (χ4n) is 4.53. The van der Waals surface area contributed by atoms with Crippen LogP contribution in [0.4, 0.5) is 18.3 Å². The molecule has 1 saturated carbocycles. The Morgan fingerprint density at radius 1 is 1.29 bits per heavy atom. The molecule has 21 heteroatoms. The summed E-state index contributed by atoms with van der Waals surface area (Å²) in [4.78, 5) is 60.7. The number of hydrogen-bond donors (Lipinski definition) is 3. The molecule has 0 aromatic carbocycles. The van der Waals surface area contributed by atoms with E-state index in [0.717, 1.165) is 29.5 Å². The number of thiazole rings is 1. The minimum Gasteiger partial charge on any atom is -0.477 e. The first-order chi connectivity index (χ1) is 21.5. The van der Waals surface area contributed by atoms with Gasteiger partial charge in [-0.2, -0.15) is 13.2 Å². The van der Waals surface area contributed by atoms with E-state index in [2.05, 4.69) is 42.9 Å². The molecule has 4 heterocycles. The number of β-lactam (4-membered cyclic amide) rings is 1. The van der Waals surface area contributed by atoms with Crippen molar-refractivity contribution in [3.8, 4) is 12.0 Å². The number of alkyl halides is 3. The minimum absolute atomic E-state index is 0.153. The number of anilines is 1. The van der Waals surface area contributed by atoms with E-state index in [0.29, 0.717) is 34.9 Å². The summed E-state index contributed by atoms with van der Waals surface area (Å²) in [6.45, 7) is 1.60. The van der Waals surface area contributed by atoms with Crippen molar-refractivity contribution in [2.24, 2.45) is 5.16 Å². The van der Waals surface area contributed by atoms with E-state index in [-0.39, 0.29) is 29.0 Å². The summed E-state index contributed by atoms with van der Waals surface area (Å²) < 4.78 is 39.3. The number of nitrogens with one attached hydrogen (secondary N) is 2. The number of rotatable bonds is 10. The Balaban J connectivity index is 1.31. The van der Waals surface area contributed by atoms with Gasteiger partial charge in [0.15, 0.2) is 10.8 Å². The summed E-state index contributed by atoms with van der Waals surface area (Å²) in [5.74, 6) is -2.14. The third-order valence-electron chi connectivity index (χ3n) is 6.61. The number of carboxylic acid groups (broad SMARTS) is 1. The molecule has 1 aliphatic carbocycles. The molecule has 2 aromatic rings. The third-order valence-corrected chi connectivity index (χ3v) is 9.71. The number of carbonyl (C=O) groups excluding carboxylic acids is 3. The molecule has 2 unspecified atom stereocenters. The van der Waals surface area contributed by atoms with E-state index in [1.165, 1.54) is 21.8 Å². The van der Waals surface area contributed by atoms with Crippen molar-refractivity contribution in [2.75, 3.05) is 16.8 Å². The molecule has 0 spiro atoms. The number of amides is 3. The SMILES string of the molecule is CC#Cn1nnnc1SCC1=C(C(=O)O)N2C(=O)C(NC(=O)/C(=N/OC3CCCC3)c3csc(NC(=O)C(F)(F)F)n3)C2SC1. The van der Waals surface area contributed by atoms with Gasteiger partial charge >= 0.3 is 18.1 Å². The lowest BCUT2D eigenvalue weighted by molar-refractivity contribution is -0.167. The van der Waals surface area contributed by atoms with Crippen LogP contribution in [0.1, 0.15) is 38.3 Å². The monoisotopic (exact) mass is 685 g/mol. The first-order valence-corrected chi connectivity index (χ1v) is 16.0. The van der Waals surface area contributed by atoms with E-state index < -0.39 is 52.1 Å². The summed E-state index contributed by atoms with van der Waals surface area (Å²) in [6, 6.07) is 1.54. The number of nitrogens with zero attached hydrogens (tertiary/aromatic N) is 7. The maximum Gasteiger partial charge on any atom is 0.471 e. The number of carbonyl (C=O) groups is 4. The molecule has 2 aliphatic heterocycles. The quantitative estimate of drug-likeness (QED) is 0.108. The van der Waals surface area contributed by atoms with Crippen LogP contribution in [-0.4, -0.2) is 99.8 Å². The van der Waals surface area contributed by atoms with Crippen LogP contribution < -0.4 is 10.6 Å². The molecule has 2 atom stereocenters. The smallest absolute Gasteiger partial charge is 0.471 e. The number of fused-ring (bicyclic) bond motifs is 1. The largest absolute Gasteiger partial charge is 0.477 e. The average Bonchev–Trinajstić information content (AvgIpc) is 3.77. The lowest BCUT2D eigenvalue weighted by atomic mass is 10.0. The van der Waals surface area contributed by atoms with Crippen LogP contribution in [0.15, 0.2) is 27.0 Å². The average molecular weight is 686 g/mol. The number of hydrogen-bond acceptors (Lipinski definition) is 13. The highest BCUT2D eigenvalue weighted by Gasteiger charge is 2.54. The highest BCUT2D eigenvalue weighted by Crippen LogP contribution is 2.41. The Labute approximate surface area is 264 Å². The second kappa shape index (κ2) is 13.5. The first kappa shape index (κ1) is 32.2. The van der Waals surface area contributed by atoms with Crippen molar-refractivity contribution in [1.29, 1.82) is 0 Å². The van der Waals surface area contributed by atoms with E-state index in [4.69, 9.17) is 4.84 Å². The van der Waals surface area contributed by atoms with Gasteiger partial charge in [-0.25, -0.2) is 9.78 Å². The van der Waals surface area contributed by atoms with Crippen molar-refractivity contribution in [2.45, 2.75) is 61.5 Å². The van der Waals surface area contributed by atoms with Crippen LogP contribution in [0.2, 0.25) is 0 Å². The van der Waals surface area contributed by atoms with Gasteiger partial charge in [-0.1, -0.05) is 22.8 Å². The molecule has 0 radical (unpaired) electrons. The summed E-state index contributed by atoms with van der Waals surface area (Å²) in [7, 11) is 0. The predicted molar refractivity (Wildman–Crippen MR) is 154 cm³/mol. The number of tetrazole rings is 1. The van der Waals surface area contributed by atoms with Gasteiger partial charge in [0.25, 0.3) is 11.8 Å². The Kier molecular flexibility index (Phi) is 9.64. The van der Waals surface area contributed by atoms with Crippen molar-refractivity contribution >= 4 is 69.4 Å². The second-order valence-electron chi connectivity index (χ2n) is 9.58. The molecule has 5 rings (SSSR count). The normalized spacial score (nSPS) is 20.2. The molecule has 1 saturated heterocycles. The number of aromatic nitrogens is 5. The highest BCUT2D eigenvalue weighted by molar-refractivity contribution is 8.01. The zero-order chi connectivity index (χ0) is 32.3. The van der Waals surface area contributed by atoms with Crippen molar-refractivity contribution in [3.05, 3.63) is 22.3 Å². The molecule has 15 nitrogen and oxygen atoms in total. The molecule has 2 fully saturated rings. The van der Waals surface area contributed by atoms with Crippen LogP contribution in [-0.2, 0) is 24.0 Å². The molecule has 2 aromatic heterocycles. The van der Waals surface area contributed by atoms with E-state index in [1.807, 2.05) is 0 Å². The zero-order valence-electron chi connectivity index (χ0n) is 23.0. The molecular formula is C24H22F3N9O6S3. The van der Waals surface area contributed by atoms with Gasteiger partial charge in [0.1, 0.15) is 28.9 Å². The fraction of sp³-hybridized carbons (Fsp3) is 0.458. The molecule has 3 N–H and O–H groups in total. The molecular weight excluding hydrogens is 664 g/mol. The Bertz CT molecular complexity index is 1640. The van der Waals surface area contributed by atoms with Crippen LogP contribution in [0, 0.1) is 12.0 Å². The van der Waals surface area contributed by atoms with Crippen LogP contribution >= 0.6 is 34.9 Å². The molecule has 3 amide bonds. The third kappa shape index (κ3) is 7.07. The molecule has 45 heavy (non-hydrogen) atoms. The van der Waals surface area contributed by atoms with E-state index in [9.17, 15) is 37.5 Å². The minimum atomic E-state index is -5.15. The van der Waals surface area contributed by atoms with Gasteiger partial charge in [-0.05, 0) is 48.6 Å². The standard InChI is InChI=1S/C24H22F3N9O6S3/c1-2-7-35-23(31-33-34-35)45-9-11-8-43-19-15(18(38)36(19)16(11)20(39)40)29-17(37)14(32-42-12-5-3-4-6-12)13-10-44-22(28-13)30-21(41)24(25,26)27/h10,12,15,19H,3-6,8-9H2,1H3,(H,29,37)(H,39,40)(H,28,30,41)/b32-14+. The maximum absolute atomic E-state index is 13.4. The van der Waals surface area contributed by atoms with Gasteiger partial charge in [0.2, 0.25) is 5.16 Å². The van der Waals surface area contributed by atoms with Crippen LogP contribution in [0.25, 0.3) is 0 Å². The molecule has 238 valence electrons. The highest BCUT2D eigenvalue weighted by atomic mass is 32.2. The molecule has 0 bridgehead atoms. The van der Waals surface area contributed by atoms with E-state index >= 15 is 0 Å². The van der Waals surface area contributed by atoms with Gasteiger partial charge in [-0.15, -0.1) is 32.9 Å². The number of halogens is 3. The Morgan fingerprint density at radius 2 is 2.04 bits per heavy atom. The predicted octanol–water partition coefficient (Wildman–Crippen LogP) is 1.65. The topological polar surface area (TPSA) is 194 Å². The number of thioether (sulfide) groups is 2. The zero-order valence-corrected chi connectivity index (χ0v) is 25.5. The summed E-state index contributed by atoms with van der Waals surface area (Å²) in [5, 5.41) is 29.6. The van der Waals surface area contributed by atoms with E-state index in [1.54, 1.807) is 12.2 Å². The van der Waals surface area contributed by atoms with Crippen molar-refractivity contribution < 1.29 is 42.3 Å². The summed E-state index contributed by atoms with van der Waals surface area (Å²) >= 11 is 3.01. The lowest BCUT2D eigenvalue weighted by Gasteiger charge is -2.49. The van der Waals surface area contributed by atoms with Gasteiger partial charge in [0.05, 0.1) is 0 Å². The summed E-state index contributed by atoms with van der Waals surface area (Å²) in [6.07, 6.45) is -2.29. The lowest BCUT2D eigenvalue weighted by Crippen LogP contribution is -2.71. The van der Waals surface area contributed by atoms with Crippen LogP contribution in [0.3, 0.4) is 0 Å². The Hall–Kier alpha value is -4.16. The number of aliphatic carboxylic acids is 1. The Morgan fingerprint density at radius 3 is 2.73 bits per heavy atom. The van der Waals surface area contributed by atoms with Gasteiger partial charge in [-0.3, -0.25) is 24.6 Å². The van der Waals surface area contributed by atoms with Crippen molar-refractivity contribution in [1.82, 2.24) is 35.4 Å². The van der Waals surface area contributed by atoms with Gasteiger partial charge in [0, 0.05) is 22.9 Å². The molecule has 3 aliphatic rings.